The zero-order valence-electron chi connectivity index (χ0n) is 16.3. The molecular formula is C22H31N3O. The van der Waals surface area contributed by atoms with Crippen molar-refractivity contribution in [2.24, 2.45) is 5.92 Å². The van der Waals surface area contributed by atoms with Crippen LogP contribution in [-0.4, -0.2) is 35.4 Å². The number of carbonyl (C=O) groups is 1. The minimum absolute atomic E-state index is 0.0695. The van der Waals surface area contributed by atoms with E-state index in [1.54, 1.807) is 6.08 Å². The largest absolute Gasteiger partial charge is 0.361 e. The number of H-pyrrole nitrogens is 1. The molecule has 1 saturated carbocycles. The van der Waals surface area contributed by atoms with Crippen LogP contribution in [-0.2, 0) is 11.2 Å². The maximum absolute atomic E-state index is 12.0. The summed E-state index contributed by atoms with van der Waals surface area (Å²) in [7, 11) is 0. The Kier molecular flexibility index (Phi) is 6.15. The van der Waals surface area contributed by atoms with Crippen LogP contribution in [0.25, 0.3) is 10.9 Å². The number of nitrogens with zero attached hydrogens (tertiary/aromatic N) is 1. The van der Waals surface area contributed by atoms with Gasteiger partial charge >= 0.3 is 0 Å². The van der Waals surface area contributed by atoms with Crippen LogP contribution in [0.5, 0.6) is 0 Å². The Hall–Kier alpha value is -2.07. The standard InChI is InChI=1S/C22H31N3O/c1-4-10-25(15-17-5-6-17)11-9-18-14-23-21-8-7-19(13-20(18)21)24-22(26)12-16(2)3/h7-8,12-14,17,23H,4-6,9-11,15H2,1-3H3,(H,24,26). The van der Waals surface area contributed by atoms with E-state index in [-0.39, 0.29) is 5.91 Å². The number of benzene rings is 1. The molecule has 2 aromatic rings. The van der Waals surface area contributed by atoms with Gasteiger partial charge in [0.25, 0.3) is 0 Å². The Bertz CT molecular complexity index is 782. The van der Waals surface area contributed by atoms with Gasteiger partial charge < -0.3 is 15.2 Å². The average molecular weight is 354 g/mol. The monoisotopic (exact) mass is 353 g/mol. The first-order chi connectivity index (χ1) is 12.5. The Morgan fingerprint density at radius 1 is 1.31 bits per heavy atom. The lowest BCUT2D eigenvalue weighted by Crippen LogP contribution is -2.29. The van der Waals surface area contributed by atoms with Crippen LogP contribution in [0, 0.1) is 5.92 Å². The zero-order valence-corrected chi connectivity index (χ0v) is 16.3. The fourth-order valence-electron chi connectivity index (χ4n) is 3.46. The van der Waals surface area contributed by atoms with Crippen molar-refractivity contribution in [3.05, 3.63) is 41.6 Å². The molecule has 1 aromatic carbocycles. The van der Waals surface area contributed by atoms with Gasteiger partial charge in [0.1, 0.15) is 0 Å². The summed E-state index contributed by atoms with van der Waals surface area (Å²) in [5.74, 6) is 0.862. The average Bonchev–Trinajstić information content (AvgIpc) is 3.30. The van der Waals surface area contributed by atoms with Crippen molar-refractivity contribution in [3.8, 4) is 0 Å². The highest BCUT2D eigenvalue weighted by Crippen LogP contribution is 2.30. The maximum atomic E-state index is 12.0. The third-order valence-corrected chi connectivity index (χ3v) is 4.91. The van der Waals surface area contributed by atoms with Gasteiger partial charge in [-0.05, 0) is 75.8 Å². The normalized spacial score (nSPS) is 14.0. The first kappa shape index (κ1) is 18.7. The summed E-state index contributed by atoms with van der Waals surface area (Å²) in [6.45, 7) is 9.65. The summed E-state index contributed by atoms with van der Waals surface area (Å²) in [5, 5.41) is 4.17. The summed E-state index contributed by atoms with van der Waals surface area (Å²) in [5.41, 5.74) is 4.31. The predicted octanol–water partition coefficient (Wildman–Crippen LogP) is 4.74. The predicted molar refractivity (Wildman–Crippen MR) is 110 cm³/mol. The first-order valence-corrected chi connectivity index (χ1v) is 9.83. The van der Waals surface area contributed by atoms with Gasteiger partial charge in [0.2, 0.25) is 5.91 Å². The van der Waals surface area contributed by atoms with Crippen LogP contribution in [0.1, 0.15) is 45.6 Å². The van der Waals surface area contributed by atoms with Gasteiger partial charge in [-0.2, -0.15) is 0 Å². The molecule has 0 aliphatic heterocycles. The van der Waals surface area contributed by atoms with Crippen molar-refractivity contribution in [2.75, 3.05) is 25.0 Å². The Labute approximate surface area is 156 Å². The van der Waals surface area contributed by atoms with E-state index in [1.807, 2.05) is 26.0 Å². The Morgan fingerprint density at radius 2 is 2.12 bits per heavy atom. The SMILES string of the molecule is CCCN(CCc1c[nH]c2ccc(NC(=O)C=C(C)C)cc12)CC1CC1. The van der Waals surface area contributed by atoms with E-state index in [9.17, 15) is 4.79 Å². The van der Waals surface area contributed by atoms with Crippen molar-refractivity contribution in [1.82, 2.24) is 9.88 Å². The lowest BCUT2D eigenvalue weighted by molar-refractivity contribution is -0.111. The summed E-state index contributed by atoms with van der Waals surface area (Å²) in [6.07, 6.45) is 8.81. The molecule has 26 heavy (non-hydrogen) atoms. The van der Waals surface area contributed by atoms with E-state index in [0.29, 0.717) is 0 Å². The molecule has 1 amide bonds. The molecule has 0 saturated heterocycles. The van der Waals surface area contributed by atoms with Gasteiger partial charge in [-0.15, -0.1) is 0 Å². The molecule has 4 nitrogen and oxygen atoms in total. The summed E-state index contributed by atoms with van der Waals surface area (Å²) in [4.78, 5) is 18.0. The van der Waals surface area contributed by atoms with Crippen LogP contribution in [0.15, 0.2) is 36.0 Å². The molecule has 1 aliphatic rings. The molecule has 1 fully saturated rings. The Balaban J connectivity index is 1.68. The molecule has 1 aliphatic carbocycles. The van der Waals surface area contributed by atoms with Gasteiger partial charge in [0.15, 0.2) is 0 Å². The molecule has 4 heteroatoms. The van der Waals surface area contributed by atoms with Crippen molar-refractivity contribution < 1.29 is 4.79 Å². The smallest absolute Gasteiger partial charge is 0.248 e. The number of rotatable bonds is 9. The summed E-state index contributed by atoms with van der Waals surface area (Å²) < 4.78 is 0. The number of aromatic nitrogens is 1. The topological polar surface area (TPSA) is 48.1 Å². The molecule has 0 radical (unpaired) electrons. The van der Waals surface area contributed by atoms with E-state index >= 15 is 0 Å². The highest BCUT2D eigenvalue weighted by atomic mass is 16.1. The van der Waals surface area contributed by atoms with Gasteiger partial charge in [0, 0.05) is 42.0 Å². The number of anilines is 1. The number of carbonyl (C=O) groups excluding carboxylic acids is 1. The number of aromatic amines is 1. The van der Waals surface area contributed by atoms with E-state index in [1.165, 1.54) is 43.3 Å². The highest BCUT2D eigenvalue weighted by molar-refractivity contribution is 6.01. The first-order valence-electron chi connectivity index (χ1n) is 9.83. The minimum Gasteiger partial charge on any atom is -0.361 e. The van der Waals surface area contributed by atoms with Crippen LogP contribution in [0.2, 0.25) is 0 Å². The Morgan fingerprint density at radius 3 is 2.81 bits per heavy atom. The molecule has 3 rings (SSSR count). The molecule has 2 N–H and O–H groups in total. The van der Waals surface area contributed by atoms with Gasteiger partial charge in [0.05, 0.1) is 0 Å². The molecule has 1 heterocycles. The quantitative estimate of drug-likeness (QED) is 0.640. The number of nitrogens with one attached hydrogen (secondary N) is 2. The third-order valence-electron chi connectivity index (χ3n) is 4.91. The van der Waals surface area contributed by atoms with Gasteiger partial charge in [-0.25, -0.2) is 0 Å². The van der Waals surface area contributed by atoms with E-state index in [2.05, 4.69) is 34.4 Å². The second-order valence-corrected chi connectivity index (χ2v) is 7.78. The van der Waals surface area contributed by atoms with Crippen molar-refractivity contribution in [1.29, 1.82) is 0 Å². The molecule has 1 aromatic heterocycles. The van der Waals surface area contributed by atoms with Crippen LogP contribution < -0.4 is 5.32 Å². The van der Waals surface area contributed by atoms with Crippen LogP contribution in [0.3, 0.4) is 0 Å². The van der Waals surface area contributed by atoms with E-state index in [0.717, 1.165) is 35.7 Å². The summed E-state index contributed by atoms with van der Waals surface area (Å²) >= 11 is 0. The molecule has 140 valence electrons. The highest BCUT2D eigenvalue weighted by Gasteiger charge is 2.23. The van der Waals surface area contributed by atoms with Crippen molar-refractivity contribution in [3.63, 3.8) is 0 Å². The molecule has 0 atom stereocenters. The lowest BCUT2D eigenvalue weighted by Gasteiger charge is -2.21. The second kappa shape index (κ2) is 8.54. The number of hydrogen-bond donors (Lipinski definition) is 2. The third kappa shape index (κ3) is 5.21. The second-order valence-electron chi connectivity index (χ2n) is 7.78. The van der Waals surface area contributed by atoms with Crippen LogP contribution >= 0.6 is 0 Å². The molecule has 0 unspecified atom stereocenters. The van der Waals surface area contributed by atoms with Gasteiger partial charge in [-0.1, -0.05) is 12.5 Å². The number of allylic oxidation sites excluding steroid dienone is 1. The number of hydrogen-bond acceptors (Lipinski definition) is 2. The molecule has 0 bridgehead atoms. The van der Waals surface area contributed by atoms with E-state index < -0.39 is 0 Å². The van der Waals surface area contributed by atoms with E-state index in [4.69, 9.17) is 0 Å². The van der Waals surface area contributed by atoms with Crippen molar-refractivity contribution >= 4 is 22.5 Å². The molecular weight excluding hydrogens is 322 g/mol. The lowest BCUT2D eigenvalue weighted by atomic mass is 10.1. The fourth-order valence-corrected chi connectivity index (χ4v) is 3.46. The van der Waals surface area contributed by atoms with Gasteiger partial charge in [-0.3, -0.25) is 4.79 Å². The minimum atomic E-state index is -0.0695. The van der Waals surface area contributed by atoms with Crippen molar-refractivity contribution in [2.45, 2.75) is 46.5 Å². The maximum Gasteiger partial charge on any atom is 0.248 e. The zero-order chi connectivity index (χ0) is 18.5. The number of fused-ring (bicyclic) bond motifs is 1. The number of amides is 1. The van der Waals surface area contributed by atoms with Crippen LogP contribution in [0.4, 0.5) is 5.69 Å². The molecule has 0 spiro atoms. The fraction of sp³-hybridized carbons (Fsp3) is 0.500. The summed E-state index contributed by atoms with van der Waals surface area (Å²) in [6, 6.07) is 6.09.